The lowest BCUT2D eigenvalue weighted by molar-refractivity contribution is 1.17. The third kappa shape index (κ3) is 4.78. The maximum Gasteiger partial charge on any atom is 0.0541 e. The van der Waals surface area contributed by atoms with Gasteiger partial charge >= 0.3 is 0 Å². The highest BCUT2D eigenvalue weighted by molar-refractivity contribution is 6.11. The zero-order valence-corrected chi connectivity index (χ0v) is 28.7. The van der Waals surface area contributed by atoms with Crippen LogP contribution in [0, 0.1) is 34.6 Å². The number of benzene rings is 7. The molecule has 0 fully saturated rings. The molecule has 2 heterocycles. The van der Waals surface area contributed by atoms with Gasteiger partial charge in [0, 0.05) is 32.9 Å². The largest absolute Gasteiger partial charge is 0.309 e. The Morgan fingerprint density at radius 3 is 1.41 bits per heavy atom. The van der Waals surface area contributed by atoms with Crippen LogP contribution in [0.1, 0.15) is 27.8 Å². The van der Waals surface area contributed by atoms with Gasteiger partial charge in [-0.2, -0.15) is 0 Å². The Kier molecular flexibility index (Phi) is 6.64. The van der Waals surface area contributed by atoms with Crippen molar-refractivity contribution in [1.29, 1.82) is 0 Å². The van der Waals surface area contributed by atoms with Gasteiger partial charge in [0.25, 0.3) is 0 Å². The van der Waals surface area contributed by atoms with Crippen LogP contribution >= 0.6 is 0 Å². The quantitative estimate of drug-likeness (QED) is 0.183. The molecule has 0 aliphatic carbocycles. The molecule has 7 aromatic carbocycles. The number of fused-ring (bicyclic) bond motifs is 6. The van der Waals surface area contributed by atoms with E-state index in [0.29, 0.717) is 0 Å². The summed E-state index contributed by atoms with van der Waals surface area (Å²) in [4.78, 5) is 0. The number of nitrogens with zero attached hydrogens (tertiary/aromatic N) is 2. The van der Waals surface area contributed by atoms with Crippen LogP contribution in [-0.4, -0.2) is 9.13 Å². The molecule has 49 heavy (non-hydrogen) atoms. The van der Waals surface area contributed by atoms with Crippen molar-refractivity contribution < 1.29 is 0 Å². The minimum Gasteiger partial charge on any atom is -0.309 e. The minimum atomic E-state index is 1.18. The van der Waals surface area contributed by atoms with E-state index >= 15 is 0 Å². The number of aryl methyl sites for hydroxylation is 5. The first-order valence-corrected chi connectivity index (χ1v) is 17.2. The van der Waals surface area contributed by atoms with E-state index < -0.39 is 0 Å². The number of hydrogen-bond acceptors (Lipinski definition) is 0. The fourth-order valence-corrected chi connectivity index (χ4v) is 7.92. The number of rotatable bonds is 4. The summed E-state index contributed by atoms with van der Waals surface area (Å²) in [6, 6.07) is 52.0. The molecule has 236 valence electrons. The van der Waals surface area contributed by atoms with E-state index in [2.05, 4.69) is 183 Å². The zero-order valence-electron chi connectivity index (χ0n) is 28.7. The Morgan fingerprint density at radius 1 is 0.327 bits per heavy atom. The van der Waals surface area contributed by atoms with Crippen molar-refractivity contribution in [3.05, 3.63) is 167 Å². The van der Waals surface area contributed by atoms with Crippen molar-refractivity contribution in [3.8, 4) is 33.6 Å². The predicted molar refractivity (Wildman–Crippen MR) is 210 cm³/mol. The molecule has 9 rings (SSSR count). The van der Waals surface area contributed by atoms with Gasteiger partial charge in [-0.25, -0.2) is 0 Å². The van der Waals surface area contributed by atoms with Crippen LogP contribution in [0.15, 0.2) is 140 Å². The Hall–Kier alpha value is -5.86. The molecule has 0 radical (unpaired) electrons. The maximum absolute atomic E-state index is 2.42. The van der Waals surface area contributed by atoms with Gasteiger partial charge in [0.2, 0.25) is 0 Å². The predicted octanol–water partition coefficient (Wildman–Crippen LogP) is 12.8. The minimum absolute atomic E-state index is 1.18. The molecular formula is C47H38N2. The van der Waals surface area contributed by atoms with E-state index in [-0.39, 0.29) is 0 Å². The molecule has 0 saturated heterocycles. The first-order chi connectivity index (χ1) is 23.8. The molecule has 2 heteroatoms. The summed E-state index contributed by atoms with van der Waals surface area (Å²) in [5.41, 5.74) is 18.7. The van der Waals surface area contributed by atoms with Gasteiger partial charge < -0.3 is 9.13 Å². The second-order valence-electron chi connectivity index (χ2n) is 13.9. The Labute approximate surface area is 287 Å². The summed E-state index contributed by atoms with van der Waals surface area (Å²) in [6.07, 6.45) is 0. The lowest BCUT2D eigenvalue weighted by Crippen LogP contribution is -1.96. The highest BCUT2D eigenvalue weighted by Gasteiger charge is 2.16. The summed E-state index contributed by atoms with van der Waals surface area (Å²) in [7, 11) is 0. The van der Waals surface area contributed by atoms with Crippen LogP contribution in [0.5, 0.6) is 0 Å². The lowest BCUT2D eigenvalue weighted by Gasteiger charge is -2.14. The smallest absolute Gasteiger partial charge is 0.0541 e. The fraction of sp³-hybridized carbons (Fsp3) is 0.106. The number of aromatic nitrogens is 2. The van der Waals surface area contributed by atoms with Crippen LogP contribution in [-0.2, 0) is 0 Å². The third-order valence-corrected chi connectivity index (χ3v) is 10.2. The average Bonchev–Trinajstić information content (AvgIpc) is 3.59. The number of para-hydroxylation sites is 1. The van der Waals surface area contributed by atoms with Crippen LogP contribution in [0.3, 0.4) is 0 Å². The van der Waals surface area contributed by atoms with Gasteiger partial charge in [0.05, 0.1) is 22.1 Å². The average molecular weight is 631 g/mol. The zero-order chi connectivity index (χ0) is 33.4. The lowest BCUT2D eigenvalue weighted by atomic mass is 9.93. The summed E-state index contributed by atoms with van der Waals surface area (Å²) in [5.74, 6) is 0. The molecule has 0 bridgehead atoms. The highest BCUT2D eigenvalue weighted by atomic mass is 15.0. The second kappa shape index (κ2) is 11.1. The summed E-state index contributed by atoms with van der Waals surface area (Å²) < 4.78 is 4.81. The molecule has 9 aromatic rings. The molecule has 0 amide bonds. The Balaban J connectivity index is 1.16. The molecule has 0 aliphatic rings. The first kappa shape index (κ1) is 29.3. The normalized spacial score (nSPS) is 11.8. The van der Waals surface area contributed by atoms with E-state index in [4.69, 9.17) is 0 Å². The first-order valence-electron chi connectivity index (χ1n) is 17.2. The maximum atomic E-state index is 2.42. The van der Waals surface area contributed by atoms with Crippen molar-refractivity contribution >= 4 is 43.6 Å². The SMILES string of the molecule is Cc1cc(-c2ccc3c(c2)c2cc(C)ccc2n3-c2ccccc2)cc(-c2ccc(-n3c4ccc(C)cc4c4cc(C)ccc43)cc2C)c1. The van der Waals surface area contributed by atoms with Crippen molar-refractivity contribution in [2.45, 2.75) is 34.6 Å². The van der Waals surface area contributed by atoms with E-state index in [1.165, 1.54) is 105 Å². The second-order valence-corrected chi connectivity index (χ2v) is 13.9. The van der Waals surface area contributed by atoms with Crippen LogP contribution in [0.4, 0.5) is 0 Å². The van der Waals surface area contributed by atoms with Crippen LogP contribution in [0.25, 0.3) is 77.2 Å². The third-order valence-electron chi connectivity index (χ3n) is 10.2. The van der Waals surface area contributed by atoms with Gasteiger partial charge in [0.1, 0.15) is 0 Å². The molecule has 2 aromatic heterocycles. The Morgan fingerprint density at radius 2 is 0.837 bits per heavy atom. The van der Waals surface area contributed by atoms with Crippen LogP contribution in [0.2, 0.25) is 0 Å². The van der Waals surface area contributed by atoms with E-state index in [1.807, 2.05) is 0 Å². The topological polar surface area (TPSA) is 9.86 Å². The summed E-state index contributed by atoms with van der Waals surface area (Å²) in [6.45, 7) is 11.0. The van der Waals surface area contributed by atoms with Gasteiger partial charge in [-0.15, -0.1) is 0 Å². The van der Waals surface area contributed by atoms with Gasteiger partial charge in [-0.3, -0.25) is 0 Å². The molecule has 0 unspecified atom stereocenters. The molecule has 2 nitrogen and oxygen atoms in total. The number of hydrogen-bond donors (Lipinski definition) is 0. The fourth-order valence-electron chi connectivity index (χ4n) is 7.92. The molecule has 0 atom stereocenters. The molecule has 0 aliphatic heterocycles. The standard InChI is InChI=1S/C47H38N2/c1-29-12-18-45-40(23-29)41-24-30(2)13-19-46(41)49(45)38-15-16-39(33(5)26-38)36-22-32(4)21-35(27-36)34-14-20-47-43(28-34)42-25-31(3)11-17-44(42)48(47)37-9-7-6-8-10-37/h6-28H,1-5H3. The van der Waals surface area contributed by atoms with Crippen LogP contribution < -0.4 is 0 Å². The highest BCUT2D eigenvalue weighted by Crippen LogP contribution is 2.38. The van der Waals surface area contributed by atoms with Crippen molar-refractivity contribution in [1.82, 2.24) is 9.13 Å². The van der Waals surface area contributed by atoms with E-state index in [9.17, 15) is 0 Å². The van der Waals surface area contributed by atoms with Crippen molar-refractivity contribution in [2.75, 3.05) is 0 Å². The summed E-state index contributed by atoms with van der Waals surface area (Å²) in [5, 5.41) is 5.18. The van der Waals surface area contributed by atoms with E-state index in [1.54, 1.807) is 0 Å². The molecule has 0 N–H and O–H groups in total. The monoisotopic (exact) mass is 630 g/mol. The summed E-state index contributed by atoms with van der Waals surface area (Å²) >= 11 is 0. The molecule has 0 spiro atoms. The molecular weight excluding hydrogens is 593 g/mol. The van der Waals surface area contributed by atoms with Gasteiger partial charge in [0.15, 0.2) is 0 Å². The Bertz CT molecular complexity index is 2700. The van der Waals surface area contributed by atoms with E-state index in [0.717, 1.165) is 0 Å². The van der Waals surface area contributed by atoms with Crippen molar-refractivity contribution in [3.63, 3.8) is 0 Å². The van der Waals surface area contributed by atoms with Gasteiger partial charge in [-0.1, -0.05) is 77.4 Å². The molecule has 0 saturated carbocycles. The van der Waals surface area contributed by atoms with Crippen molar-refractivity contribution in [2.24, 2.45) is 0 Å². The van der Waals surface area contributed by atoms with Gasteiger partial charge in [-0.05, 0) is 147 Å².